The Hall–Kier alpha value is -0.790. The Kier molecular flexibility index (Phi) is 5.09. The van der Waals surface area contributed by atoms with Gasteiger partial charge in [0.25, 0.3) is 0 Å². The molecule has 2 fully saturated rings. The van der Waals surface area contributed by atoms with Crippen molar-refractivity contribution in [3.05, 3.63) is 12.2 Å². The van der Waals surface area contributed by atoms with Crippen molar-refractivity contribution in [2.75, 3.05) is 7.11 Å². The van der Waals surface area contributed by atoms with Gasteiger partial charge in [-0.05, 0) is 62.2 Å². The molecule has 2 heteroatoms. The van der Waals surface area contributed by atoms with E-state index in [4.69, 9.17) is 4.74 Å². The molecule has 2 rings (SSSR count). The summed E-state index contributed by atoms with van der Waals surface area (Å²) in [5, 5.41) is 0. The third-order valence-corrected chi connectivity index (χ3v) is 6.70. The lowest BCUT2D eigenvalue weighted by molar-refractivity contribution is -0.168. The standard InChI is InChI=1S/C20H34O2/c1-14(2)8-10-16-15(3)9-11-17-19(16,4)12-7-13-20(17,5)18(21)22-6/h14,16-17H,3,7-13H2,1-2,4-6H3. The van der Waals surface area contributed by atoms with Gasteiger partial charge in [-0.1, -0.05) is 45.8 Å². The molecule has 2 nitrogen and oxygen atoms in total. The number of methoxy groups -OCH3 is 1. The highest BCUT2D eigenvalue weighted by Gasteiger charge is 2.57. The zero-order chi connectivity index (χ0) is 16.5. The van der Waals surface area contributed by atoms with E-state index in [9.17, 15) is 4.79 Å². The van der Waals surface area contributed by atoms with Crippen LogP contribution in [-0.2, 0) is 9.53 Å². The largest absolute Gasteiger partial charge is 0.469 e. The summed E-state index contributed by atoms with van der Waals surface area (Å²) in [6, 6.07) is 0. The van der Waals surface area contributed by atoms with Gasteiger partial charge >= 0.3 is 5.97 Å². The quantitative estimate of drug-likeness (QED) is 0.515. The molecule has 22 heavy (non-hydrogen) atoms. The van der Waals surface area contributed by atoms with Gasteiger partial charge in [0.1, 0.15) is 0 Å². The first-order valence-electron chi connectivity index (χ1n) is 9.01. The van der Waals surface area contributed by atoms with Crippen molar-refractivity contribution in [1.29, 1.82) is 0 Å². The SMILES string of the molecule is C=C1CCC2C(C)(C(=O)OC)CCCC2(C)C1CCC(C)C. The molecule has 0 radical (unpaired) electrons. The molecule has 4 atom stereocenters. The highest BCUT2D eigenvalue weighted by atomic mass is 16.5. The van der Waals surface area contributed by atoms with Gasteiger partial charge in [-0.3, -0.25) is 4.79 Å². The molecule has 0 aromatic heterocycles. The highest BCUT2D eigenvalue weighted by molar-refractivity contribution is 5.77. The van der Waals surface area contributed by atoms with Crippen molar-refractivity contribution in [2.24, 2.45) is 28.6 Å². The van der Waals surface area contributed by atoms with E-state index in [1.54, 1.807) is 0 Å². The molecule has 4 unspecified atom stereocenters. The number of carbonyl (C=O) groups is 1. The number of hydrogen-bond donors (Lipinski definition) is 0. The first-order chi connectivity index (χ1) is 10.3. The third-order valence-electron chi connectivity index (χ3n) is 6.70. The molecular weight excluding hydrogens is 272 g/mol. The van der Waals surface area contributed by atoms with Gasteiger partial charge in [-0.25, -0.2) is 0 Å². The minimum atomic E-state index is -0.307. The van der Waals surface area contributed by atoms with Crippen LogP contribution in [-0.4, -0.2) is 13.1 Å². The first-order valence-corrected chi connectivity index (χ1v) is 9.01. The molecule has 0 heterocycles. The number of allylic oxidation sites excluding steroid dienone is 1. The van der Waals surface area contributed by atoms with E-state index in [1.807, 2.05) is 0 Å². The Bertz CT molecular complexity index is 439. The molecule has 0 spiro atoms. The van der Waals surface area contributed by atoms with E-state index < -0.39 is 0 Å². The van der Waals surface area contributed by atoms with Gasteiger partial charge in [-0.15, -0.1) is 0 Å². The lowest BCUT2D eigenvalue weighted by Crippen LogP contribution is -2.53. The van der Waals surface area contributed by atoms with Crippen LogP contribution in [0.25, 0.3) is 0 Å². The number of carbonyl (C=O) groups excluding carboxylic acids is 1. The smallest absolute Gasteiger partial charge is 0.311 e. The normalized spacial score (nSPS) is 38.7. The topological polar surface area (TPSA) is 26.3 Å². The fourth-order valence-corrected chi connectivity index (χ4v) is 5.46. The summed E-state index contributed by atoms with van der Waals surface area (Å²) in [5.74, 6) is 1.73. The van der Waals surface area contributed by atoms with Crippen molar-refractivity contribution < 1.29 is 9.53 Å². The van der Waals surface area contributed by atoms with Crippen molar-refractivity contribution in [3.63, 3.8) is 0 Å². The molecular formula is C20H34O2. The summed E-state index contributed by atoms with van der Waals surface area (Å²) < 4.78 is 5.19. The number of hydrogen-bond acceptors (Lipinski definition) is 2. The van der Waals surface area contributed by atoms with E-state index >= 15 is 0 Å². The number of ether oxygens (including phenoxy) is 1. The van der Waals surface area contributed by atoms with Crippen LogP contribution in [0.15, 0.2) is 12.2 Å². The summed E-state index contributed by atoms with van der Waals surface area (Å²) in [4.78, 5) is 12.5. The average molecular weight is 306 g/mol. The predicted molar refractivity (Wildman–Crippen MR) is 91.5 cm³/mol. The number of esters is 1. The minimum Gasteiger partial charge on any atom is -0.469 e. The van der Waals surface area contributed by atoms with E-state index in [0.717, 1.165) is 31.6 Å². The molecule has 0 aromatic rings. The van der Waals surface area contributed by atoms with Gasteiger partial charge < -0.3 is 4.74 Å². The van der Waals surface area contributed by atoms with E-state index in [-0.39, 0.29) is 16.8 Å². The van der Waals surface area contributed by atoms with Gasteiger partial charge in [-0.2, -0.15) is 0 Å². The lowest BCUT2D eigenvalue weighted by atomic mass is 9.46. The molecule has 0 N–H and O–H groups in total. The highest BCUT2D eigenvalue weighted by Crippen LogP contribution is 2.62. The zero-order valence-corrected chi connectivity index (χ0v) is 15.2. The number of fused-ring (bicyclic) bond motifs is 1. The van der Waals surface area contributed by atoms with Gasteiger partial charge in [0.05, 0.1) is 12.5 Å². The van der Waals surface area contributed by atoms with Gasteiger partial charge in [0.2, 0.25) is 0 Å². The van der Waals surface area contributed by atoms with Crippen LogP contribution in [0.4, 0.5) is 0 Å². The second-order valence-corrected chi connectivity index (χ2v) is 8.54. The summed E-state index contributed by atoms with van der Waals surface area (Å²) in [6.07, 6.45) is 7.98. The average Bonchev–Trinajstić information content (AvgIpc) is 2.44. The fraction of sp³-hybridized carbons (Fsp3) is 0.850. The summed E-state index contributed by atoms with van der Waals surface area (Å²) in [5.41, 5.74) is 1.33. The van der Waals surface area contributed by atoms with E-state index in [1.165, 1.54) is 31.9 Å². The van der Waals surface area contributed by atoms with Crippen molar-refractivity contribution in [3.8, 4) is 0 Å². The Morgan fingerprint density at radius 1 is 1.36 bits per heavy atom. The van der Waals surface area contributed by atoms with Crippen molar-refractivity contribution in [2.45, 2.75) is 72.6 Å². The van der Waals surface area contributed by atoms with E-state index in [0.29, 0.717) is 11.8 Å². The maximum Gasteiger partial charge on any atom is 0.311 e. The minimum absolute atomic E-state index is 0.00135. The lowest BCUT2D eigenvalue weighted by Gasteiger charge is -2.57. The molecule has 0 amide bonds. The molecule has 0 bridgehead atoms. The Morgan fingerprint density at radius 3 is 2.64 bits per heavy atom. The first kappa shape index (κ1) is 17.6. The number of rotatable bonds is 4. The van der Waals surface area contributed by atoms with Crippen molar-refractivity contribution >= 4 is 5.97 Å². The fourth-order valence-electron chi connectivity index (χ4n) is 5.46. The summed E-state index contributed by atoms with van der Waals surface area (Å²) >= 11 is 0. The predicted octanol–water partition coefficient (Wildman–Crippen LogP) is 5.37. The second kappa shape index (κ2) is 6.37. The maximum atomic E-state index is 12.5. The van der Waals surface area contributed by atoms with Crippen LogP contribution in [0.3, 0.4) is 0 Å². The molecule has 2 aliphatic rings. The van der Waals surface area contributed by atoms with Gasteiger partial charge in [0.15, 0.2) is 0 Å². The van der Waals surface area contributed by atoms with Crippen LogP contribution in [0.5, 0.6) is 0 Å². The molecule has 0 saturated heterocycles. The van der Waals surface area contributed by atoms with E-state index in [2.05, 4.69) is 34.3 Å². The summed E-state index contributed by atoms with van der Waals surface area (Å²) in [7, 11) is 1.54. The molecule has 2 aliphatic carbocycles. The van der Waals surface area contributed by atoms with Crippen LogP contribution in [0, 0.1) is 28.6 Å². The Labute approximate surface area is 136 Å². The van der Waals surface area contributed by atoms with Crippen LogP contribution in [0.1, 0.15) is 72.6 Å². The third kappa shape index (κ3) is 2.86. The zero-order valence-electron chi connectivity index (χ0n) is 15.2. The van der Waals surface area contributed by atoms with Crippen LogP contribution >= 0.6 is 0 Å². The Balaban J connectivity index is 2.31. The Morgan fingerprint density at radius 2 is 2.05 bits per heavy atom. The van der Waals surface area contributed by atoms with Crippen LogP contribution in [0.2, 0.25) is 0 Å². The molecule has 0 aliphatic heterocycles. The monoisotopic (exact) mass is 306 g/mol. The molecule has 2 saturated carbocycles. The van der Waals surface area contributed by atoms with Crippen molar-refractivity contribution in [1.82, 2.24) is 0 Å². The van der Waals surface area contributed by atoms with Gasteiger partial charge in [0, 0.05) is 0 Å². The maximum absolute atomic E-state index is 12.5. The van der Waals surface area contributed by atoms with Crippen LogP contribution < -0.4 is 0 Å². The molecule has 0 aromatic carbocycles. The second-order valence-electron chi connectivity index (χ2n) is 8.54. The molecule has 126 valence electrons. The summed E-state index contributed by atoms with van der Waals surface area (Å²) in [6.45, 7) is 13.6.